The first kappa shape index (κ1) is 10.8. The van der Waals surface area contributed by atoms with Gasteiger partial charge in [0.05, 0.1) is 17.0 Å². The van der Waals surface area contributed by atoms with Gasteiger partial charge in [-0.05, 0) is 24.3 Å². The van der Waals surface area contributed by atoms with Crippen molar-refractivity contribution in [1.29, 1.82) is 0 Å². The van der Waals surface area contributed by atoms with Gasteiger partial charge < -0.3 is 10.2 Å². The predicted molar refractivity (Wildman–Crippen MR) is 64.9 cm³/mol. The average Bonchev–Trinajstić information content (AvgIpc) is 2.96. The molecular weight excluding hydrogens is 236 g/mol. The van der Waals surface area contributed by atoms with Crippen LogP contribution < -0.4 is 5.32 Å². The molecule has 0 spiro atoms. The largest absolute Gasteiger partial charge is 0.351 e. The summed E-state index contributed by atoms with van der Waals surface area (Å²) in [6.07, 6.45) is 2.22. The fourth-order valence-electron chi connectivity index (χ4n) is 2.73. The molecule has 2 aliphatic heterocycles. The van der Waals surface area contributed by atoms with Crippen molar-refractivity contribution < 1.29 is 9.59 Å². The summed E-state index contributed by atoms with van der Waals surface area (Å²) in [4.78, 5) is 26.3. The van der Waals surface area contributed by atoms with Crippen molar-refractivity contribution in [2.45, 2.75) is 31.3 Å². The van der Waals surface area contributed by atoms with Gasteiger partial charge in [-0.15, -0.1) is 11.3 Å². The van der Waals surface area contributed by atoms with Crippen molar-refractivity contribution >= 4 is 23.2 Å². The first-order valence-corrected chi connectivity index (χ1v) is 6.77. The highest BCUT2D eigenvalue weighted by Crippen LogP contribution is 2.27. The van der Waals surface area contributed by atoms with Crippen LogP contribution in [0.5, 0.6) is 0 Å². The monoisotopic (exact) mass is 250 g/mol. The Kier molecular flexibility index (Phi) is 2.63. The van der Waals surface area contributed by atoms with Crippen LogP contribution in [0.15, 0.2) is 17.5 Å². The Labute approximate surface area is 104 Å². The molecule has 0 aliphatic carbocycles. The van der Waals surface area contributed by atoms with Crippen LogP contribution in [0.25, 0.3) is 0 Å². The van der Waals surface area contributed by atoms with E-state index in [4.69, 9.17) is 0 Å². The highest BCUT2D eigenvalue weighted by atomic mass is 32.1. The van der Waals surface area contributed by atoms with Gasteiger partial charge >= 0.3 is 0 Å². The molecule has 2 fully saturated rings. The van der Waals surface area contributed by atoms with Crippen molar-refractivity contribution in [3.05, 3.63) is 22.4 Å². The molecule has 0 aromatic carbocycles. The number of hydrogen-bond donors (Lipinski definition) is 1. The second-order valence-electron chi connectivity index (χ2n) is 4.54. The van der Waals surface area contributed by atoms with Gasteiger partial charge in [-0.3, -0.25) is 9.59 Å². The fraction of sp³-hybridized carbons (Fsp3) is 0.500. The minimum absolute atomic E-state index is 0.114. The minimum atomic E-state index is 0.114. The van der Waals surface area contributed by atoms with Crippen LogP contribution in [-0.4, -0.2) is 35.3 Å². The molecule has 0 unspecified atom stereocenters. The highest BCUT2D eigenvalue weighted by molar-refractivity contribution is 7.12. The van der Waals surface area contributed by atoms with E-state index in [2.05, 4.69) is 5.32 Å². The molecule has 0 saturated carbocycles. The number of nitrogens with one attached hydrogen (secondary N) is 1. The van der Waals surface area contributed by atoms with Crippen LogP contribution >= 0.6 is 11.3 Å². The molecule has 1 N–H and O–H groups in total. The van der Waals surface area contributed by atoms with Gasteiger partial charge in [0.1, 0.15) is 0 Å². The zero-order valence-corrected chi connectivity index (χ0v) is 10.2. The predicted octanol–water partition coefficient (Wildman–Crippen LogP) is 1.24. The summed E-state index contributed by atoms with van der Waals surface area (Å²) in [5.41, 5.74) is 0. The molecule has 1 aromatic heterocycles. The quantitative estimate of drug-likeness (QED) is 0.815. The second-order valence-corrected chi connectivity index (χ2v) is 5.49. The van der Waals surface area contributed by atoms with Gasteiger partial charge in [-0.2, -0.15) is 0 Å². The molecule has 2 saturated heterocycles. The van der Waals surface area contributed by atoms with Crippen LogP contribution in [0.3, 0.4) is 0 Å². The number of fused-ring (bicyclic) bond motifs is 1. The lowest BCUT2D eigenvalue weighted by atomic mass is 9.99. The van der Waals surface area contributed by atoms with E-state index in [9.17, 15) is 9.59 Å². The Morgan fingerprint density at radius 1 is 1.47 bits per heavy atom. The van der Waals surface area contributed by atoms with E-state index in [1.165, 1.54) is 11.3 Å². The van der Waals surface area contributed by atoms with E-state index < -0.39 is 0 Å². The van der Waals surface area contributed by atoms with Crippen molar-refractivity contribution in [1.82, 2.24) is 10.2 Å². The van der Waals surface area contributed by atoms with Crippen molar-refractivity contribution in [2.24, 2.45) is 0 Å². The van der Waals surface area contributed by atoms with Gasteiger partial charge in [0.2, 0.25) is 5.91 Å². The summed E-state index contributed by atoms with van der Waals surface area (Å²) in [6, 6.07) is 4.12. The zero-order valence-electron chi connectivity index (χ0n) is 9.39. The smallest absolute Gasteiger partial charge is 0.264 e. The summed E-state index contributed by atoms with van der Waals surface area (Å²) in [7, 11) is 0. The van der Waals surface area contributed by atoms with Crippen molar-refractivity contribution in [3.63, 3.8) is 0 Å². The van der Waals surface area contributed by atoms with Crippen LogP contribution in [0.1, 0.15) is 28.9 Å². The molecule has 5 heteroatoms. The molecule has 2 atom stereocenters. The topological polar surface area (TPSA) is 49.4 Å². The third kappa shape index (κ3) is 1.84. The number of hydrogen-bond acceptors (Lipinski definition) is 3. The number of amides is 2. The zero-order chi connectivity index (χ0) is 11.8. The summed E-state index contributed by atoms with van der Waals surface area (Å²) in [5, 5.41) is 4.90. The van der Waals surface area contributed by atoms with Gasteiger partial charge in [-0.25, -0.2) is 0 Å². The lowest BCUT2D eigenvalue weighted by Crippen LogP contribution is -2.50. The van der Waals surface area contributed by atoms with E-state index in [1.54, 1.807) is 0 Å². The van der Waals surface area contributed by atoms with E-state index in [0.29, 0.717) is 6.42 Å². The number of likely N-dealkylation sites (tertiary alicyclic amines) is 1. The minimum Gasteiger partial charge on any atom is -0.351 e. The first-order valence-electron chi connectivity index (χ1n) is 5.89. The van der Waals surface area contributed by atoms with Gasteiger partial charge in [0.15, 0.2) is 0 Å². The first-order chi connectivity index (χ1) is 8.25. The average molecular weight is 250 g/mol. The van der Waals surface area contributed by atoms with Gasteiger partial charge in [0.25, 0.3) is 5.91 Å². The van der Waals surface area contributed by atoms with Crippen LogP contribution in [0.2, 0.25) is 0 Å². The molecule has 90 valence electrons. The van der Waals surface area contributed by atoms with Crippen molar-refractivity contribution in [3.8, 4) is 0 Å². The number of carbonyl (C=O) groups is 2. The highest BCUT2D eigenvalue weighted by Gasteiger charge is 2.40. The van der Waals surface area contributed by atoms with E-state index >= 15 is 0 Å². The fourth-order valence-corrected chi connectivity index (χ4v) is 3.41. The molecule has 4 nitrogen and oxygen atoms in total. The maximum atomic E-state index is 12.3. The Hall–Kier alpha value is -1.36. The SMILES string of the molecule is O=C1CC[C@@H]2[C@H](CCN2C(=O)c2cccs2)N1. The standard InChI is InChI=1S/C12H14N2O2S/c15-11-4-3-9-8(13-11)5-6-14(9)12(16)10-2-1-7-17-10/h1-2,7-9H,3-6H2,(H,13,15)/t8-,9+/m0/s1. The van der Waals surface area contributed by atoms with E-state index in [1.807, 2.05) is 22.4 Å². The van der Waals surface area contributed by atoms with Crippen LogP contribution in [0.4, 0.5) is 0 Å². The molecule has 2 amide bonds. The molecule has 2 aliphatic rings. The Morgan fingerprint density at radius 2 is 2.35 bits per heavy atom. The third-order valence-corrected chi connectivity index (χ3v) is 4.41. The number of carbonyl (C=O) groups excluding carboxylic acids is 2. The summed E-state index contributed by atoms with van der Waals surface area (Å²) >= 11 is 1.48. The maximum Gasteiger partial charge on any atom is 0.264 e. The molecule has 3 rings (SSSR count). The Bertz CT molecular complexity index is 443. The number of rotatable bonds is 1. The second kappa shape index (κ2) is 4.14. The third-order valence-electron chi connectivity index (χ3n) is 3.55. The summed E-state index contributed by atoms with van der Waals surface area (Å²) in [5.74, 6) is 0.236. The lowest BCUT2D eigenvalue weighted by molar-refractivity contribution is -0.123. The molecular formula is C12H14N2O2S. The summed E-state index contributed by atoms with van der Waals surface area (Å²) < 4.78 is 0. The molecule has 3 heterocycles. The van der Waals surface area contributed by atoms with Gasteiger partial charge in [-0.1, -0.05) is 6.07 Å². The molecule has 0 bridgehead atoms. The lowest BCUT2D eigenvalue weighted by Gasteiger charge is -2.31. The number of thiophene rings is 1. The van der Waals surface area contributed by atoms with Gasteiger partial charge in [0, 0.05) is 13.0 Å². The normalized spacial score (nSPS) is 27.8. The number of piperidine rings is 1. The Balaban J connectivity index is 1.77. The number of nitrogens with zero attached hydrogens (tertiary/aromatic N) is 1. The van der Waals surface area contributed by atoms with Crippen molar-refractivity contribution in [2.75, 3.05) is 6.54 Å². The molecule has 17 heavy (non-hydrogen) atoms. The summed E-state index contributed by atoms with van der Waals surface area (Å²) in [6.45, 7) is 0.756. The van der Waals surface area contributed by atoms with E-state index in [-0.39, 0.29) is 23.9 Å². The molecule has 1 aromatic rings. The van der Waals surface area contributed by atoms with Crippen LogP contribution in [-0.2, 0) is 4.79 Å². The maximum absolute atomic E-state index is 12.3. The van der Waals surface area contributed by atoms with Crippen LogP contribution in [0, 0.1) is 0 Å². The van der Waals surface area contributed by atoms with E-state index in [0.717, 1.165) is 24.3 Å². The Morgan fingerprint density at radius 3 is 3.12 bits per heavy atom. The molecule has 0 radical (unpaired) electrons.